The number of methoxy groups -OCH3 is 2. The van der Waals surface area contributed by atoms with Gasteiger partial charge in [0.2, 0.25) is 0 Å². The van der Waals surface area contributed by atoms with Crippen molar-refractivity contribution in [3.63, 3.8) is 0 Å². The fourth-order valence-corrected chi connectivity index (χ4v) is 2.41. The van der Waals surface area contributed by atoms with Crippen LogP contribution in [-0.4, -0.2) is 56.0 Å². The molecule has 0 amide bonds. The highest BCUT2D eigenvalue weighted by molar-refractivity contribution is 5.89. The lowest BCUT2D eigenvalue weighted by Crippen LogP contribution is -2.39. The van der Waals surface area contributed by atoms with Crippen molar-refractivity contribution in [1.29, 1.82) is 5.26 Å². The number of carbonyl (C=O) groups is 1. The maximum atomic E-state index is 11.7. The molecule has 0 radical (unpaired) electrons. The molecule has 0 N–H and O–H groups in total. The predicted octanol–water partition coefficient (Wildman–Crippen LogP) is 0.775. The van der Waals surface area contributed by atoms with E-state index in [1.807, 2.05) is 4.90 Å². The summed E-state index contributed by atoms with van der Waals surface area (Å²) in [5.74, 6) is -0.426. The molecule has 2 rings (SSSR count). The number of morpholine rings is 1. The van der Waals surface area contributed by atoms with Gasteiger partial charge < -0.3 is 18.8 Å². The minimum absolute atomic E-state index is 0.273. The number of nitrogens with zero attached hydrogens (tertiary/aromatic N) is 3. The van der Waals surface area contributed by atoms with Crippen molar-refractivity contribution in [2.45, 2.75) is 12.8 Å². The zero-order valence-corrected chi connectivity index (χ0v) is 12.2. The zero-order chi connectivity index (χ0) is 15.2. The van der Waals surface area contributed by atoms with E-state index in [1.165, 1.54) is 7.11 Å². The minimum Gasteiger partial charge on any atom is -0.465 e. The molecule has 2 heterocycles. The Balaban J connectivity index is 2.32. The second kappa shape index (κ2) is 7.22. The van der Waals surface area contributed by atoms with Crippen LogP contribution in [0, 0.1) is 11.3 Å². The van der Waals surface area contributed by atoms with Gasteiger partial charge >= 0.3 is 5.97 Å². The summed E-state index contributed by atoms with van der Waals surface area (Å²) in [6, 6.07) is 3.55. The standard InChI is InChI=1S/C14H19N3O4/c1-19-10-17-9-11(14(18)20-2)7-12(17)13(8-15)16-3-5-21-6-4-16/h7,9,13H,3-6,10H2,1-2H3. The molecule has 114 valence electrons. The van der Waals surface area contributed by atoms with Crippen LogP contribution in [-0.2, 0) is 20.9 Å². The summed E-state index contributed by atoms with van der Waals surface area (Å²) in [7, 11) is 2.90. The smallest absolute Gasteiger partial charge is 0.339 e. The summed E-state index contributed by atoms with van der Waals surface area (Å²) in [5, 5.41) is 9.53. The summed E-state index contributed by atoms with van der Waals surface area (Å²) in [6.07, 6.45) is 1.65. The van der Waals surface area contributed by atoms with Gasteiger partial charge in [0.05, 0.1) is 37.7 Å². The van der Waals surface area contributed by atoms with Crippen molar-refractivity contribution in [2.75, 3.05) is 40.5 Å². The third-order valence-corrected chi connectivity index (χ3v) is 3.43. The maximum absolute atomic E-state index is 11.7. The van der Waals surface area contributed by atoms with Gasteiger partial charge in [0.15, 0.2) is 0 Å². The topological polar surface area (TPSA) is 76.7 Å². The number of esters is 1. The second-order valence-corrected chi connectivity index (χ2v) is 4.71. The molecule has 1 aliphatic heterocycles. The lowest BCUT2D eigenvalue weighted by atomic mass is 10.1. The predicted molar refractivity (Wildman–Crippen MR) is 73.5 cm³/mol. The molecule has 1 aromatic rings. The van der Waals surface area contributed by atoms with E-state index >= 15 is 0 Å². The summed E-state index contributed by atoms with van der Waals surface area (Å²) < 4.78 is 16.9. The van der Waals surface area contributed by atoms with Crippen molar-refractivity contribution < 1.29 is 19.0 Å². The van der Waals surface area contributed by atoms with Crippen molar-refractivity contribution >= 4 is 5.97 Å². The highest BCUT2D eigenvalue weighted by Crippen LogP contribution is 2.24. The molecule has 21 heavy (non-hydrogen) atoms. The highest BCUT2D eigenvalue weighted by atomic mass is 16.5. The number of hydrogen-bond donors (Lipinski definition) is 0. The van der Waals surface area contributed by atoms with Crippen molar-refractivity contribution in [3.8, 4) is 6.07 Å². The summed E-state index contributed by atoms with van der Waals surface area (Å²) in [4.78, 5) is 13.7. The molecule has 1 unspecified atom stereocenters. The van der Waals surface area contributed by atoms with E-state index in [0.717, 1.165) is 5.69 Å². The molecular weight excluding hydrogens is 274 g/mol. The third-order valence-electron chi connectivity index (χ3n) is 3.43. The van der Waals surface area contributed by atoms with Crippen LogP contribution < -0.4 is 0 Å². The first-order chi connectivity index (χ1) is 10.2. The largest absolute Gasteiger partial charge is 0.465 e. The Morgan fingerprint density at radius 2 is 2.19 bits per heavy atom. The molecule has 0 aromatic carbocycles. The molecule has 0 saturated carbocycles. The normalized spacial score (nSPS) is 17.2. The minimum atomic E-state index is -0.442. The van der Waals surface area contributed by atoms with Gasteiger partial charge in [-0.15, -0.1) is 0 Å². The number of carbonyl (C=O) groups excluding carboxylic acids is 1. The van der Waals surface area contributed by atoms with Crippen molar-refractivity contribution in [3.05, 3.63) is 23.5 Å². The molecule has 1 saturated heterocycles. The number of rotatable bonds is 5. The van der Waals surface area contributed by atoms with E-state index in [-0.39, 0.29) is 6.73 Å². The molecule has 7 heteroatoms. The Hall–Kier alpha value is -1.88. The van der Waals surface area contributed by atoms with Gasteiger partial charge in [-0.25, -0.2) is 4.79 Å². The monoisotopic (exact) mass is 293 g/mol. The average molecular weight is 293 g/mol. The van der Waals surface area contributed by atoms with Crippen molar-refractivity contribution in [2.24, 2.45) is 0 Å². The summed E-state index contributed by atoms with van der Waals surface area (Å²) >= 11 is 0. The van der Waals surface area contributed by atoms with Crippen molar-refractivity contribution in [1.82, 2.24) is 9.47 Å². The Kier molecular flexibility index (Phi) is 5.33. The molecule has 1 aromatic heterocycles. The Morgan fingerprint density at radius 3 is 2.76 bits per heavy atom. The molecule has 1 fully saturated rings. The van der Waals surface area contributed by atoms with Gasteiger partial charge in [-0.1, -0.05) is 0 Å². The van der Waals surface area contributed by atoms with Gasteiger partial charge in [-0.3, -0.25) is 4.90 Å². The second-order valence-electron chi connectivity index (χ2n) is 4.71. The summed E-state index contributed by atoms with van der Waals surface area (Å²) in [6.45, 7) is 2.85. The molecule has 0 aliphatic carbocycles. The van der Waals surface area contributed by atoms with Gasteiger partial charge in [0.25, 0.3) is 0 Å². The van der Waals surface area contributed by atoms with Crippen LogP contribution in [0.4, 0.5) is 0 Å². The number of hydrogen-bond acceptors (Lipinski definition) is 6. The maximum Gasteiger partial charge on any atom is 0.339 e. The van der Waals surface area contributed by atoms with Crippen LogP contribution in [0.15, 0.2) is 12.3 Å². The third kappa shape index (κ3) is 3.42. The van der Waals surface area contributed by atoms with E-state index < -0.39 is 12.0 Å². The lowest BCUT2D eigenvalue weighted by molar-refractivity contribution is 0.0240. The molecule has 1 atom stereocenters. The number of nitriles is 1. The fraction of sp³-hybridized carbons (Fsp3) is 0.571. The van der Waals surface area contributed by atoms with Crippen LogP contribution in [0.3, 0.4) is 0 Å². The van der Waals surface area contributed by atoms with E-state index in [1.54, 1.807) is 23.9 Å². The lowest BCUT2D eigenvalue weighted by Gasteiger charge is -2.30. The Labute approximate surface area is 123 Å². The zero-order valence-electron chi connectivity index (χ0n) is 12.2. The van der Waals surface area contributed by atoms with Crippen LogP contribution in [0.1, 0.15) is 22.1 Å². The molecule has 1 aliphatic rings. The molecular formula is C14H19N3O4. The Bertz CT molecular complexity index is 529. The highest BCUT2D eigenvalue weighted by Gasteiger charge is 2.26. The van der Waals surface area contributed by atoms with Gasteiger partial charge in [-0.2, -0.15) is 5.26 Å². The van der Waals surface area contributed by atoms with Crippen LogP contribution >= 0.6 is 0 Å². The molecule has 7 nitrogen and oxygen atoms in total. The van der Waals surface area contributed by atoms with Crippen LogP contribution in [0.2, 0.25) is 0 Å². The van der Waals surface area contributed by atoms with Gasteiger partial charge in [-0.05, 0) is 6.07 Å². The van der Waals surface area contributed by atoms with Crippen LogP contribution in [0.25, 0.3) is 0 Å². The van der Waals surface area contributed by atoms with Gasteiger partial charge in [0, 0.05) is 26.4 Å². The molecule has 0 spiro atoms. The van der Waals surface area contributed by atoms with E-state index in [2.05, 4.69) is 6.07 Å². The fourth-order valence-electron chi connectivity index (χ4n) is 2.41. The van der Waals surface area contributed by atoms with Gasteiger partial charge in [0.1, 0.15) is 12.8 Å². The first-order valence-corrected chi connectivity index (χ1v) is 6.70. The summed E-state index contributed by atoms with van der Waals surface area (Å²) in [5.41, 5.74) is 1.14. The van der Waals surface area contributed by atoms with E-state index in [4.69, 9.17) is 14.2 Å². The molecule has 0 bridgehead atoms. The number of aromatic nitrogens is 1. The van der Waals surface area contributed by atoms with Crippen LogP contribution in [0.5, 0.6) is 0 Å². The van der Waals surface area contributed by atoms with E-state index in [0.29, 0.717) is 31.9 Å². The quantitative estimate of drug-likeness (QED) is 0.747. The number of ether oxygens (including phenoxy) is 3. The average Bonchev–Trinajstić information content (AvgIpc) is 2.93. The first-order valence-electron chi connectivity index (χ1n) is 6.70. The first kappa shape index (κ1) is 15.5. The SMILES string of the molecule is COCn1cc(C(=O)OC)cc1C(C#N)N1CCOCC1. The van der Waals surface area contributed by atoms with E-state index in [9.17, 15) is 10.1 Å². The Morgan fingerprint density at radius 1 is 1.48 bits per heavy atom.